The van der Waals surface area contributed by atoms with E-state index in [1.54, 1.807) is 24.3 Å². The zero-order valence-corrected chi connectivity index (χ0v) is 15.4. The summed E-state index contributed by atoms with van der Waals surface area (Å²) in [6.07, 6.45) is 2.28. The van der Waals surface area contributed by atoms with Crippen LogP contribution >= 0.6 is 0 Å². The van der Waals surface area contributed by atoms with Crippen molar-refractivity contribution in [2.24, 2.45) is 7.05 Å². The van der Waals surface area contributed by atoms with Crippen molar-refractivity contribution in [1.82, 2.24) is 9.88 Å². The third kappa shape index (κ3) is 3.46. The molecule has 3 amide bonds. The molecule has 3 aromatic rings. The number of carbonyl (C=O) groups excluding carboxylic acids is 3. The highest BCUT2D eigenvalue weighted by molar-refractivity contribution is 6.10. The molecule has 0 saturated carbocycles. The van der Waals surface area contributed by atoms with E-state index < -0.39 is 6.04 Å². The number of fused-ring (bicyclic) bond motifs is 2. The van der Waals surface area contributed by atoms with Gasteiger partial charge in [-0.2, -0.15) is 0 Å². The van der Waals surface area contributed by atoms with Gasteiger partial charge in [0, 0.05) is 30.9 Å². The molecule has 142 valence electrons. The summed E-state index contributed by atoms with van der Waals surface area (Å²) < 4.78 is 1.98. The standard InChI is InChI=1S/C21H20N4O3/c1-25-11-10-13-6-7-14(12-18(13)25)22-19(26)9-8-17-21(28)23-16-5-3-2-4-15(16)20(27)24-17/h2-7,10-12,17H,8-9H2,1H3,(H,22,26)(H,23,28)(H,24,27). The Morgan fingerprint density at radius 2 is 1.96 bits per heavy atom. The third-order valence-corrected chi connectivity index (χ3v) is 4.88. The van der Waals surface area contributed by atoms with Crippen LogP contribution in [0.1, 0.15) is 23.2 Å². The van der Waals surface area contributed by atoms with Crippen LogP contribution in [0.25, 0.3) is 10.9 Å². The fourth-order valence-corrected chi connectivity index (χ4v) is 3.35. The minimum absolute atomic E-state index is 0.111. The van der Waals surface area contributed by atoms with Crippen molar-refractivity contribution in [3.8, 4) is 0 Å². The van der Waals surface area contributed by atoms with E-state index in [9.17, 15) is 14.4 Å². The first-order chi connectivity index (χ1) is 13.5. The number of hydrogen-bond acceptors (Lipinski definition) is 3. The van der Waals surface area contributed by atoms with Crippen molar-refractivity contribution in [2.45, 2.75) is 18.9 Å². The van der Waals surface area contributed by atoms with E-state index in [2.05, 4.69) is 16.0 Å². The molecule has 1 atom stereocenters. The van der Waals surface area contributed by atoms with Crippen LogP contribution in [0.4, 0.5) is 11.4 Å². The van der Waals surface area contributed by atoms with Gasteiger partial charge in [-0.3, -0.25) is 14.4 Å². The lowest BCUT2D eigenvalue weighted by molar-refractivity contribution is -0.118. The molecule has 7 nitrogen and oxygen atoms in total. The van der Waals surface area contributed by atoms with Crippen molar-refractivity contribution in [2.75, 3.05) is 10.6 Å². The molecule has 4 rings (SSSR count). The maximum Gasteiger partial charge on any atom is 0.254 e. The Kier molecular flexibility index (Phi) is 4.57. The molecule has 0 spiro atoms. The first kappa shape index (κ1) is 17.8. The van der Waals surface area contributed by atoms with E-state index in [0.717, 1.165) is 10.9 Å². The summed E-state index contributed by atoms with van der Waals surface area (Å²) in [5, 5.41) is 9.39. The van der Waals surface area contributed by atoms with Gasteiger partial charge in [0.05, 0.1) is 11.3 Å². The molecule has 1 aromatic heterocycles. The first-order valence-corrected chi connectivity index (χ1v) is 9.07. The molecule has 0 radical (unpaired) electrons. The molecule has 7 heteroatoms. The monoisotopic (exact) mass is 376 g/mol. The topological polar surface area (TPSA) is 92.2 Å². The van der Waals surface area contributed by atoms with Gasteiger partial charge in [0.1, 0.15) is 6.04 Å². The van der Waals surface area contributed by atoms with Gasteiger partial charge in [0.2, 0.25) is 11.8 Å². The number of nitrogens with one attached hydrogen (secondary N) is 3. The molecule has 0 bridgehead atoms. The number of aromatic nitrogens is 1. The Labute approximate surface area is 161 Å². The molecule has 28 heavy (non-hydrogen) atoms. The molecular formula is C21H20N4O3. The summed E-state index contributed by atoms with van der Waals surface area (Å²) in [5.41, 5.74) is 2.61. The van der Waals surface area contributed by atoms with Crippen molar-refractivity contribution in [1.29, 1.82) is 0 Å². The van der Waals surface area contributed by atoms with Crippen molar-refractivity contribution in [3.63, 3.8) is 0 Å². The van der Waals surface area contributed by atoms with Gasteiger partial charge in [0.25, 0.3) is 5.91 Å². The highest BCUT2D eigenvalue weighted by Gasteiger charge is 2.27. The summed E-state index contributed by atoms with van der Waals surface area (Å²) in [7, 11) is 1.94. The van der Waals surface area contributed by atoms with Gasteiger partial charge >= 0.3 is 0 Å². The maximum atomic E-state index is 12.4. The van der Waals surface area contributed by atoms with Crippen LogP contribution < -0.4 is 16.0 Å². The van der Waals surface area contributed by atoms with Gasteiger partial charge < -0.3 is 20.5 Å². The Morgan fingerprint density at radius 1 is 1.14 bits per heavy atom. The molecule has 0 saturated heterocycles. The smallest absolute Gasteiger partial charge is 0.254 e. The summed E-state index contributed by atoms with van der Waals surface area (Å²) in [6.45, 7) is 0. The molecule has 1 aliphatic rings. The van der Waals surface area contributed by atoms with Crippen molar-refractivity contribution >= 4 is 40.0 Å². The van der Waals surface area contributed by atoms with Crippen LogP contribution in [0.2, 0.25) is 0 Å². The molecule has 0 aliphatic carbocycles. The summed E-state index contributed by atoms with van der Waals surface area (Å²) >= 11 is 0. The molecule has 3 N–H and O–H groups in total. The molecule has 2 heterocycles. The molecule has 1 aliphatic heterocycles. The highest BCUT2D eigenvalue weighted by atomic mass is 16.2. The van der Waals surface area contributed by atoms with E-state index >= 15 is 0 Å². The van der Waals surface area contributed by atoms with Gasteiger partial charge in [-0.1, -0.05) is 18.2 Å². The Balaban J connectivity index is 1.39. The number of aryl methyl sites for hydroxylation is 1. The second kappa shape index (κ2) is 7.19. The number of nitrogens with zero attached hydrogens (tertiary/aromatic N) is 1. The van der Waals surface area contributed by atoms with Crippen LogP contribution in [-0.4, -0.2) is 28.3 Å². The van der Waals surface area contributed by atoms with Crippen LogP contribution in [0.3, 0.4) is 0 Å². The third-order valence-electron chi connectivity index (χ3n) is 4.88. The summed E-state index contributed by atoms with van der Waals surface area (Å²) in [6, 6.07) is 13.8. The largest absolute Gasteiger partial charge is 0.350 e. The average Bonchev–Trinajstić information content (AvgIpc) is 2.99. The van der Waals surface area contributed by atoms with E-state index in [-0.39, 0.29) is 30.6 Å². The normalized spacial score (nSPS) is 16.1. The van der Waals surface area contributed by atoms with E-state index in [4.69, 9.17) is 0 Å². The van der Waals surface area contributed by atoms with Crippen LogP contribution in [0.15, 0.2) is 54.7 Å². The number of carbonyl (C=O) groups is 3. The van der Waals surface area contributed by atoms with Crippen LogP contribution in [0, 0.1) is 0 Å². The summed E-state index contributed by atoms with van der Waals surface area (Å²) in [4.78, 5) is 37.1. The Hall–Kier alpha value is -3.61. The van der Waals surface area contributed by atoms with Gasteiger partial charge in [-0.05, 0) is 42.1 Å². The van der Waals surface area contributed by atoms with E-state index in [1.807, 2.05) is 42.1 Å². The predicted octanol–water partition coefficient (Wildman–Crippen LogP) is 2.65. The Bertz CT molecular complexity index is 1090. The lowest BCUT2D eigenvalue weighted by atomic mass is 10.1. The molecular weight excluding hydrogens is 356 g/mol. The van der Waals surface area contributed by atoms with Gasteiger partial charge in [0.15, 0.2) is 0 Å². The minimum Gasteiger partial charge on any atom is -0.350 e. The lowest BCUT2D eigenvalue weighted by Crippen LogP contribution is -2.41. The summed E-state index contributed by atoms with van der Waals surface area (Å²) in [5.74, 6) is -0.859. The van der Waals surface area contributed by atoms with E-state index in [1.165, 1.54) is 0 Å². The molecule has 0 fully saturated rings. The maximum absolute atomic E-state index is 12.4. The quantitative estimate of drug-likeness (QED) is 0.654. The number of hydrogen-bond donors (Lipinski definition) is 3. The zero-order valence-electron chi connectivity index (χ0n) is 15.4. The minimum atomic E-state index is -0.763. The number of para-hydroxylation sites is 1. The fourth-order valence-electron chi connectivity index (χ4n) is 3.35. The number of anilines is 2. The SMILES string of the molecule is Cn1ccc2ccc(NC(=O)CCC3NC(=O)c4ccccc4NC3=O)cc21. The molecule has 1 unspecified atom stereocenters. The average molecular weight is 376 g/mol. The van der Waals surface area contributed by atoms with Crippen molar-refractivity contribution < 1.29 is 14.4 Å². The highest BCUT2D eigenvalue weighted by Crippen LogP contribution is 2.21. The van der Waals surface area contributed by atoms with Gasteiger partial charge in [-0.15, -0.1) is 0 Å². The predicted molar refractivity (Wildman–Crippen MR) is 107 cm³/mol. The van der Waals surface area contributed by atoms with E-state index in [0.29, 0.717) is 16.9 Å². The second-order valence-electron chi connectivity index (χ2n) is 6.85. The lowest BCUT2D eigenvalue weighted by Gasteiger charge is -2.14. The second-order valence-corrected chi connectivity index (χ2v) is 6.85. The number of rotatable bonds is 4. The zero-order chi connectivity index (χ0) is 19.7. The van der Waals surface area contributed by atoms with Crippen LogP contribution in [-0.2, 0) is 16.6 Å². The first-order valence-electron chi connectivity index (χ1n) is 9.07. The van der Waals surface area contributed by atoms with Crippen molar-refractivity contribution in [3.05, 3.63) is 60.3 Å². The molecule has 2 aromatic carbocycles. The fraction of sp³-hybridized carbons (Fsp3) is 0.190. The van der Waals surface area contributed by atoms with Crippen LogP contribution in [0.5, 0.6) is 0 Å². The van der Waals surface area contributed by atoms with Gasteiger partial charge in [-0.25, -0.2) is 0 Å². The number of benzene rings is 2. The Morgan fingerprint density at radius 3 is 2.82 bits per heavy atom. The number of amides is 3.